The molecule has 0 amide bonds. The van der Waals surface area contributed by atoms with Crippen molar-refractivity contribution in [2.75, 3.05) is 0 Å². The van der Waals surface area contributed by atoms with Gasteiger partial charge in [0.25, 0.3) is 0 Å². The van der Waals surface area contributed by atoms with Crippen molar-refractivity contribution in [3.8, 4) is 11.1 Å². The van der Waals surface area contributed by atoms with E-state index < -0.39 is 0 Å². The summed E-state index contributed by atoms with van der Waals surface area (Å²) in [6, 6.07) is 17.3. The second-order valence-electron chi connectivity index (χ2n) is 6.49. The van der Waals surface area contributed by atoms with Crippen LogP contribution in [-0.2, 0) is 6.42 Å². The van der Waals surface area contributed by atoms with Crippen LogP contribution in [0.25, 0.3) is 11.1 Å². The summed E-state index contributed by atoms with van der Waals surface area (Å²) in [7, 11) is 0. The largest absolute Gasteiger partial charge is 0.0619 e. The minimum Gasteiger partial charge on any atom is -0.0619 e. The molecule has 2 aromatic carbocycles. The third kappa shape index (κ3) is 3.22. The summed E-state index contributed by atoms with van der Waals surface area (Å²) in [4.78, 5) is 0. The van der Waals surface area contributed by atoms with Crippen LogP contribution in [0.3, 0.4) is 0 Å². The molecule has 0 saturated heterocycles. The Morgan fingerprint density at radius 2 is 1.00 bits per heavy atom. The fourth-order valence-corrected chi connectivity index (χ4v) is 2.08. The average molecular weight is 238 g/mol. The molecule has 0 aliphatic heterocycles. The molecule has 0 radical (unpaired) electrons. The lowest BCUT2D eigenvalue weighted by atomic mass is 10.0. The second kappa shape index (κ2) is 4.97. The van der Waals surface area contributed by atoms with Gasteiger partial charge in [0.1, 0.15) is 0 Å². The van der Waals surface area contributed by atoms with Gasteiger partial charge >= 0.3 is 0 Å². The number of hydrogen-bond donors (Lipinski definition) is 0. The lowest BCUT2D eigenvalue weighted by Gasteiger charge is -2.05. The summed E-state index contributed by atoms with van der Waals surface area (Å²) in [5, 5.41) is 0. The van der Waals surface area contributed by atoms with E-state index in [1.165, 1.54) is 22.3 Å². The van der Waals surface area contributed by atoms with Gasteiger partial charge in [-0.2, -0.15) is 0 Å². The summed E-state index contributed by atoms with van der Waals surface area (Å²) < 4.78 is 0. The first-order chi connectivity index (χ1) is 8.45. The van der Waals surface area contributed by atoms with Crippen molar-refractivity contribution >= 4 is 0 Å². The normalized spacial score (nSPS) is 12.2. The zero-order valence-corrected chi connectivity index (χ0v) is 11.8. The van der Waals surface area contributed by atoms with E-state index in [-0.39, 0.29) is 0 Å². The van der Waals surface area contributed by atoms with Crippen LogP contribution in [0.2, 0.25) is 0 Å². The maximum absolute atomic E-state index is 2.22. The minimum absolute atomic E-state index is 0.500. The highest BCUT2D eigenvalue weighted by molar-refractivity contribution is 5.76. The van der Waals surface area contributed by atoms with Crippen LogP contribution in [0.5, 0.6) is 0 Å². The highest BCUT2D eigenvalue weighted by Gasteiger charge is 2.15. The van der Waals surface area contributed by atoms with Crippen molar-refractivity contribution in [2.45, 2.75) is 34.1 Å². The Balaban J connectivity index is 0.000000209. The standard InChI is InChI=1S/C13H10.C5H12/c1-3-7-12-10(5-1)9-11-6-2-4-8-13(11)12;1-5(2,3)4/h1-8H,9H2;1-4H3. The maximum atomic E-state index is 2.22. The van der Waals surface area contributed by atoms with Gasteiger partial charge in [0.05, 0.1) is 0 Å². The fourth-order valence-electron chi connectivity index (χ4n) is 2.08. The van der Waals surface area contributed by atoms with Gasteiger partial charge in [0.15, 0.2) is 0 Å². The molecule has 2 aromatic rings. The predicted molar refractivity (Wildman–Crippen MR) is 79.8 cm³/mol. The first-order valence-corrected chi connectivity index (χ1v) is 6.61. The molecular formula is C18H22. The second-order valence-corrected chi connectivity index (χ2v) is 6.49. The molecule has 0 heterocycles. The van der Waals surface area contributed by atoms with E-state index in [1.807, 2.05) is 0 Å². The number of fused-ring (bicyclic) bond motifs is 3. The monoisotopic (exact) mass is 238 g/mol. The number of rotatable bonds is 0. The first-order valence-electron chi connectivity index (χ1n) is 6.61. The van der Waals surface area contributed by atoms with Gasteiger partial charge in [-0.05, 0) is 34.1 Å². The predicted octanol–water partition coefficient (Wildman–Crippen LogP) is 5.31. The van der Waals surface area contributed by atoms with E-state index in [1.54, 1.807) is 0 Å². The molecule has 1 aliphatic rings. The fraction of sp³-hybridized carbons (Fsp3) is 0.333. The van der Waals surface area contributed by atoms with Gasteiger partial charge in [0.2, 0.25) is 0 Å². The SMILES string of the molecule is CC(C)(C)C.c1ccc2c(c1)Cc1ccccc1-2. The first kappa shape index (κ1) is 12.9. The Labute approximate surface area is 111 Å². The molecular weight excluding hydrogens is 216 g/mol. The molecule has 0 aromatic heterocycles. The Bertz CT molecular complexity index is 480. The lowest BCUT2D eigenvalue weighted by Crippen LogP contribution is -1.93. The Morgan fingerprint density at radius 1 is 0.667 bits per heavy atom. The Morgan fingerprint density at radius 3 is 1.39 bits per heavy atom. The molecule has 0 unspecified atom stereocenters. The molecule has 0 fully saturated rings. The third-order valence-electron chi connectivity index (χ3n) is 2.71. The van der Waals surface area contributed by atoms with Crippen LogP contribution in [0.1, 0.15) is 38.8 Å². The van der Waals surface area contributed by atoms with Crippen molar-refractivity contribution in [3.05, 3.63) is 59.7 Å². The topological polar surface area (TPSA) is 0 Å². The Hall–Kier alpha value is -1.56. The van der Waals surface area contributed by atoms with E-state index >= 15 is 0 Å². The lowest BCUT2D eigenvalue weighted by molar-refractivity contribution is 0.469. The van der Waals surface area contributed by atoms with E-state index in [4.69, 9.17) is 0 Å². The van der Waals surface area contributed by atoms with Crippen molar-refractivity contribution < 1.29 is 0 Å². The molecule has 0 N–H and O–H groups in total. The molecule has 1 aliphatic carbocycles. The molecule has 18 heavy (non-hydrogen) atoms. The summed E-state index contributed by atoms with van der Waals surface area (Å²) in [5.74, 6) is 0. The molecule has 0 nitrogen and oxygen atoms in total. The molecule has 0 bridgehead atoms. The van der Waals surface area contributed by atoms with Crippen LogP contribution >= 0.6 is 0 Å². The van der Waals surface area contributed by atoms with E-state index in [0.717, 1.165) is 6.42 Å². The summed E-state index contributed by atoms with van der Waals surface area (Å²) >= 11 is 0. The molecule has 3 rings (SSSR count). The van der Waals surface area contributed by atoms with Crippen LogP contribution in [0.15, 0.2) is 48.5 Å². The molecule has 0 spiro atoms. The van der Waals surface area contributed by atoms with Gasteiger partial charge < -0.3 is 0 Å². The Kier molecular flexibility index (Phi) is 3.56. The van der Waals surface area contributed by atoms with Gasteiger partial charge in [-0.3, -0.25) is 0 Å². The summed E-state index contributed by atoms with van der Waals surface area (Å²) in [5.41, 5.74) is 6.25. The zero-order valence-electron chi connectivity index (χ0n) is 11.8. The quantitative estimate of drug-likeness (QED) is 0.498. The molecule has 0 saturated carbocycles. The van der Waals surface area contributed by atoms with Gasteiger partial charge in [0, 0.05) is 0 Å². The number of hydrogen-bond acceptors (Lipinski definition) is 0. The van der Waals surface area contributed by atoms with Crippen molar-refractivity contribution in [3.63, 3.8) is 0 Å². The van der Waals surface area contributed by atoms with Crippen LogP contribution in [0, 0.1) is 5.41 Å². The molecule has 94 valence electrons. The van der Waals surface area contributed by atoms with Crippen LogP contribution in [0.4, 0.5) is 0 Å². The smallest absolute Gasteiger partial charge is 0.00135 e. The van der Waals surface area contributed by atoms with E-state index in [2.05, 4.69) is 76.2 Å². The minimum atomic E-state index is 0.500. The van der Waals surface area contributed by atoms with Gasteiger partial charge in [-0.15, -0.1) is 0 Å². The number of benzene rings is 2. The summed E-state index contributed by atoms with van der Waals surface area (Å²) in [6.45, 7) is 8.75. The molecule has 0 atom stereocenters. The van der Waals surface area contributed by atoms with Crippen molar-refractivity contribution in [1.29, 1.82) is 0 Å². The third-order valence-corrected chi connectivity index (χ3v) is 2.71. The van der Waals surface area contributed by atoms with Crippen LogP contribution in [-0.4, -0.2) is 0 Å². The van der Waals surface area contributed by atoms with Gasteiger partial charge in [-0.25, -0.2) is 0 Å². The van der Waals surface area contributed by atoms with E-state index in [9.17, 15) is 0 Å². The highest BCUT2D eigenvalue weighted by Crippen LogP contribution is 2.35. The van der Waals surface area contributed by atoms with E-state index in [0.29, 0.717) is 5.41 Å². The van der Waals surface area contributed by atoms with Crippen molar-refractivity contribution in [1.82, 2.24) is 0 Å². The maximum Gasteiger partial charge on any atom is -0.00135 e. The summed E-state index contributed by atoms with van der Waals surface area (Å²) in [6.07, 6.45) is 1.10. The highest BCUT2D eigenvalue weighted by atomic mass is 14.2. The van der Waals surface area contributed by atoms with Crippen molar-refractivity contribution in [2.24, 2.45) is 5.41 Å². The zero-order chi connectivity index (χ0) is 13.2. The van der Waals surface area contributed by atoms with Gasteiger partial charge in [-0.1, -0.05) is 76.2 Å². The molecule has 0 heteroatoms. The van der Waals surface area contributed by atoms with Crippen LogP contribution < -0.4 is 0 Å². The average Bonchev–Trinajstić information content (AvgIpc) is 2.65.